The third-order valence-corrected chi connectivity index (χ3v) is 3.77. The maximum absolute atomic E-state index is 11.4. The maximum Gasteiger partial charge on any atom is 0.149 e. The monoisotopic (exact) mass is 272 g/mol. The summed E-state index contributed by atoms with van der Waals surface area (Å²) in [6, 6.07) is 3.38. The fourth-order valence-corrected chi connectivity index (χ4v) is 2.82. The highest BCUT2D eigenvalue weighted by Crippen LogP contribution is 2.26. The quantitative estimate of drug-likeness (QED) is 0.614. The molecule has 0 aliphatic carbocycles. The molecule has 1 rings (SSSR count). The molecule has 0 aliphatic heterocycles. The van der Waals surface area contributed by atoms with Gasteiger partial charge in [0.05, 0.1) is 18.9 Å². The number of aryl methyl sites for hydroxylation is 2. The van der Waals surface area contributed by atoms with Gasteiger partial charge in [-0.1, -0.05) is 6.07 Å². The van der Waals surface area contributed by atoms with Gasteiger partial charge in [0.1, 0.15) is 15.6 Å². The third kappa shape index (κ3) is 3.69. The van der Waals surface area contributed by atoms with E-state index in [-0.39, 0.29) is 5.75 Å². The van der Waals surface area contributed by atoms with Crippen molar-refractivity contribution in [2.45, 2.75) is 19.9 Å². The molecule has 0 heterocycles. The summed E-state index contributed by atoms with van der Waals surface area (Å²) in [5.41, 5.74) is 5.34. The summed E-state index contributed by atoms with van der Waals surface area (Å²) < 4.78 is 28.0. The average molecular weight is 272 g/mol. The summed E-state index contributed by atoms with van der Waals surface area (Å²) in [4.78, 5) is 0. The van der Waals surface area contributed by atoms with Crippen molar-refractivity contribution in [3.8, 4) is 5.75 Å². The summed E-state index contributed by atoms with van der Waals surface area (Å²) in [6.45, 7) is 3.82. The molecule has 0 spiro atoms. The largest absolute Gasteiger partial charge is 0.496 e. The van der Waals surface area contributed by atoms with Crippen LogP contribution in [-0.4, -0.2) is 27.5 Å². The van der Waals surface area contributed by atoms with E-state index in [9.17, 15) is 8.42 Å². The molecule has 6 heteroatoms. The predicted octanol–water partition coefficient (Wildman–Crippen LogP) is 0.861. The van der Waals surface area contributed by atoms with Gasteiger partial charge >= 0.3 is 0 Å². The number of nitrogens with one attached hydrogen (secondary N) is 1. The summed E-state index contributed by atoms with van der Waals surface area (Å²) in [5, 5.41) is 0. The third-order valence-electron chi connectivity index (χ3n) is 2.83. The zero-order valence-corrected chi connectivity index (χ0v) is 12.0. The number of rotatable bonds is 5. The first kappa shape index (κ1) is 14.9. The molecule has 18 heavy (non-hydrogen) atoms. The van der Waals surface area contributed by atoms with Crippen LogP contribution in [0.1, 0.15) is 22.7 Å². The maximum atomic E-state index is 11.4. The molecule has 0 saturated heterocycles. The molecule has 0 aliphatic rings. The van der Waals surface area contributed by atoms with Crippen LogP contribution >= 0.6 is 0 Å². The highest BCUT2D eigenvalue weighted by atomic mass is 32.2. The lowest BCUT2D eigenvalue weighted by Crippen LogP contribution is -2.33. The van der Waals surface area contributed by atoms with Gasteiger partial charge in [-0.2, -0.15) is 0 Å². The van der Waals surface area contributed by atoms with Crippen LogP contribution in [0.3, 0.4) is 0 Å². The van der Waals surface area contributed by atoms with E-state index in [0.29, 0.717) is 0 Å². The Hall–Kier alpha value is -1.11. The van der Waals surface area contributed by atoms with Crippen LogP contribution in [0.15, 0.2) is 12.1 Å². The summed E-state index contributed by atoms with van der Waals surface area (Å²) in [7, 11) is -1.49. The molecule has 0 amide bonds. The number of sulfone groups is 1. The van der Waals surface area contributed by atoms with Crippen molar-refractivity contribution in [1.82, 2.24) is 5.43 Å². The molecule has 0 radical (unpaired) electrons. The topological polar surface area (TPSA) is 81.4 Å². The number of hydrogen-bond acceptors (Lipinski definition) is 5. The van der Waals surface area contributed by atoms with Crippen LogP contribution in [0.25, 0.3) is 0 Å². The Bertz CT molecular complexity index is 526. The van der Waals surface area contributed by atoms with Crippen molar-refractivity contribution in [2.75, 3.05) is 19.1 Å². The van der Waals surface area contributed by atoms with Crippen molar-refractivity contribution in [1.29, 1.82) is 0 Å². The lowest BCUT2D eigenvalue weighted by atomic mass is 9.99. The van der Waals surface area contributed by atoms with Gasteiger partial charge in [-0.25, -0.2) is 8.42 Å². The van der Waals surface area contributed by atoms with Crippen LogP contribution in [0, 0.1) is 13.8 Å². The Morgan fingerprint density at radius 3 is 2.39 bits per heavy atom. The molecule has 0 aromatic heterocycles. The minimum atomic E-state index is -3.10. The Morgan fingerprint density at radius 1 is 1.33 bits per heavy atom. The summed E-state index contributed by atoms with van der Waals surface area (Å²) in [5.74, 6) is 6.21. The summed E-state index contributed by atoms with van der Waals surface area (Å²) >= 11 is 0. The van der Waals surface area contributed by atoms with Gasteiger partial charge in [0.25, 0.3) is 0 Å². The molecule has 1 aromatic carbocycles. The van der Waals surface area contributed by atoms with E-state index in [1.54, 1.807) is 7.11 Å². The zero-order valence-electron chi connectivity index (χ0n) is 11.1. The van der Waals surface area contributed by atoms with Crippen molar-refractivity contribution < 1.29 is 13.2 Å². The highest BCUT2D eigenvalue weighted by Gasteiger charge is 2.19. The fraction of sp³-hybridized carbons (Fsp3) is 0.500. The Labute approximate surface area is 108 Å². The first-order valence-corrected chi connectivity index (χ1v) is 7.63. The van der Waals surface area contributed by atoms with Crippen molar-refractivity contribution in [3.05, 3.63) is 28.8 Å². The molecular formula is C12H20N2O3S. The second-order valence-electron chi connectivity index (χ2n) is 4.49. The molecule has 0 fully saturated rings. The van der Waals surface area contributed by atoms with Crippen molar-refractivity contribution >= 4 is 9.84 Å². The molecule has 102 valence electrons. The van der Waals surface area contributed by atoms with Crippen molar-refractivity contribution in [3.63, 3.8) is 0 Å². The lowest BCUT2D eigenvalue weighted by Gasteiger charge is -2.19. The average Bonchev–Trinajstić information content (AvgIpc) is 2.27. The normalized spacial score (nSPS) is 13.4. The van der Waals surface area contributed by atoms with Gasteiger partial charge < -0.3 is 4.74 Å². The summed E-state index contributed by atoms with van der Waals surface area (Å²) in [6.07, 6.45) is 1.20. The molecular weight excluding hydrogens is 252 g/mol. The van der Waals surface area contributed by atoms with Gasteiger partial charge in [0, 0.05) is 6.26 Å². The Balaban J connectivity index is 3.18. The SMILES string of the molecule is COc1cc(C)c(C(CS(C)(=O)=O)NN)cc1C. The molecule has 3 N–H and O–H groups in total. The molecule has 5 nitrogen and oxygen atoms in total. The van der Waals surface area contributed by atoms with Gasteiger partial charge in [-0.05, 0) is 36.6 Å². The highest BCUT2D eigenvalue weighted by molar-refractivity contribution is 7.90. The zero-order chi connectivity index (χ0) is 13.9. The second kappa shape index (κ2) is 5.69. The smallest absolute Gasteiger partial charge is 0.149 e. The van der Waals surface area contributed by atoms with Gasteiger partial charge in [-0.3, -0.25) is 11.3 Å². The number of ether oxygens (including phenoxy) is 1. The van der Waals surface area contributed by atoms with Crippen molar-refractivity contribution in [2.24, 2.45) is 5.84 Å². The van der Waals surface area contributed by atoms with E-state index >= 15 is 0 Å². The minimum Gasteiger partial charge on any atom is -0.496 e. The Morgan fingerprint density at radius 2 is 1.94 bits per heavy atom. The van der Waals surface area contributed by atoms with Gasteiger partial charge in [0.2, 0.25) is 0 Å². The van der Waals surface area contributed by atoms with Gasteiger partial charge in [-0.15, -0.1) is 0 Å². The van der Waals surface area contributed by atoms with Crippen LogP contribution in [0.4, 0.5) is 0 Å². The van der Waals surface area contributed by atoms with E-state index in [1.165, 1.54) is 6.26 Å². The first-order valence-electron chi connectivity index (χ1n) is 5.57. The van der Waals surface area contributed by atoms with Crippen LogP contribution in [0.2, 0.25) is 0 Å². The number of methoxy groups -OCH3 is 1. The van der Waals surface area contributed by atoms with Crippen LogP contribution < -0.4 is 16.0 Å². The van der Waals surface area contributed by atoms with E-state index in [1.807, 2.05) is 26.0 Å². The Kier molecular flexibility index (Phi) is 4.72. The molecule has 1 aromatic rings. The van der Waals surface area contributed by atoms with E-state index in [0.717, 1.165) is 22.4 Å². The minimum absolute atomic E-state index is 0.0316. The van der Waals surface area contributed by atoms with Gasteiger partial charge in [0.15, 0.2) is 0 Å². The number of benzene rings is 1. The fourth-order valence-electron chi connectivity index (χ4n) is 1.94. The number of hydrazine groups is 1. The molecule has 1 unspecified atom stereocenters. The van der Waals surface area contributed by atoms with E-state index < -0.39 is 15.9 Å². The van der Waals surface area contributed by atoms with Crippen LogP contribution in [0.5, 0.6) is 5.75 Å². The first-order chi connectivity index (χ1) is 8.28. The lowest BCUT2D eigenvalue weighted by molar-refractivity contribution is 0.411. The van der Waals surface area contributed by atoms with E-state index in [2.05, 4.69) is 5.43 Å². The molecule has 0 bridgehead atoms. The number of nitrogens with two attached hydrogens (primary N) is 1. The standard InChI is InChI=1S/C12H20N2O3S/c1-8-6-12(17-3)9(2)5-10(8)11(14-13)7-18(4,15)16/h5-6,11,14H,7,13H2,1-4H3. The molecule has 1 atom stereocenters. The van der Waals surface area contributed by atoms with E-state index in [4.69, 9.17) is 10.6 Å². The second-order valence-corrected chi connectivity index (χ2v) is 6.67. The number of hydrogen-bond donors (Lipinski definition) is 2. The predicted molar refractivity (Wildman–Crippen MR) is 72.2 cm³/mol. The van der Waals surface area contributed by atoms with Crippen LogP contribution in [-0.2, 0) is 9.84 Å². The molecule has 0 saturated carbocycles.